The molecule has 7 nitrogen and oxygen atoms in total. The first-order valence-electron chi connectivity index (χ1n) is 11.7. The zero-order valence-electron chi connectivity index (χ0n) is 19.6. The quantitative estimate of drug-likeness (QED) is 0.391. The molecule has 4 rings (SSSR count). The number of aromatic nitrogens is 1. The molecule has 0 radical (unpaired) electrons. The molecule has 0 atom stereocenters. The predicted molar refractivity (Wildman–Crippen MR) is 126 cm³/mol. The van der Waals surface area contributed by atoms with Crippen LogP contribution >= 0.6 is 0 Å². The fourth-order valence-electron chi connectivity index (χ4n) is 4.12. The van der Waals surface area contributed by atoms with Crippen molar-refractivity contribution < 1.29 is 19.7 Å². The largest absolute Gasteiger partial charge is 0.504 e. The molecule has 1 aromatic carbocycles. The number of pyridine rings is 1. The van der Waals surface area contributed by atoms with Gasteiger partial charge in [0.25, 0.3) is 0 Å². The summed E-state index contributed by atoms with van der Waals surface area (Å²) in [5, 5.41) is 28.3. The Bertz CT molecular complexity index is 1070. The molecule has 7 heteroatoms. The number of rotatable bonds is 9. The number of ether oxygens (including phenoxy) is 1. The lowest BCUT2D eigenvalue weighted by molar-refractivity contribution is 0.0962. The van der Waals surface area contributed by atoms with E-state index in [0.29, 0.717) is 48.7 Å². The van der Waals surface area contributed by atoms with Crippen LogP contribution in [0.5, 0.6) is 11.5 Å². The number of ketones is 1. The van der Waals surface area contributed by atoms with Crippen LogP contribution in [0.1, 0.15) is 85.2 Å². The zero-order valence-corrected chi connectivity index (χ0v) is 19.6. The highest BCUT2D eigenvalue weighted by Crippen LogP contribution is 2.40. The van der Waals surface area contributed by atoms with E-state index < -0.39 is 0 Å². The molecule has 0 bridgehead atoms. The fourth-order valence-corrected chi connectivity index (χ4v) is 4.12. The number of fused-ring (bicyclic) bond motifs is 1. The number of unbranched alkanes of at least 4 members (excludes halogenated alkanes) is 1. The normalized spacial score (nSPS) is 15.6. The van der Waals surface area contributed by atoms with Crippen molar-refractivity contribution in [2.75, 3.05) is 19.8 Å². The van der Waals surface area contributed by atoms with Crippen molar-refractivity contribution in [2.45, 2.75) is 64.3 Å². The van der Waals surface area contributed by atoms with E-state index in [2.05, 4.69) is 0 Å². The Morgan fingerprint density at radius 2 is 2.00 bits per heavy atom. The maximum absolute atomic E-state index is 13.3. The number of Topliss-reactive ketones (excluding diaryl/α,β-unsaturated/α-hetero) is 1. The minimum atomic E-state index is -0.386. The molecule has 1 fully saturated rings. The maximum Gasteiger partial charge on any atom is 0.182 e. The highest BCUT2D eigenvalue weighted by molar-refractivity contribution is 6.04. The third-order valence-corrected chi connectivity index (χ3v) is 6.25. The van der Waals surface area contributed by atoms with Crippen LogP contribution in [-0.2, 0) is 12.0 Å². The molecular formula is C26H33N3O4. The van der Waals surface area contributed by atoms with Crippen molar-refractivity contribution in [2.24, 2.45) is 0 Å². The number of nitrogens with zero attached hydrogens (tertiary/aromatic N) is 2. The molecule has 1 saturated carbocycles. The Hall–Kier alpha value is -2.93. The van der Waals surface area contributed by atoms with Gasteiger partial charge in [-0.05, 0) is 49.3 Å². The summed E-state index contributed by atoms with van der Waals surface area (Å²) in [6.45, 7) is 6.91. The number of aromatic hydroxyl groups is 1. The predicted octanol–water partition coefficient (Wildman–Crippen LogP) is 4.14. The van der Waals surface area contributed by atoms with Crippen molar-refractivity contribution in [3.05, 3.63) is 52.3 Å². The Morgan fingerprint density at radius 3 is 2.67 bits per heavy atom. The number of amidine groups is 1. The number of aliphatic hydroxyl groups excluding tert-OH is 1. The first-order chi connectivity index (χ1) is 15.7. The lowest BCUT2D eigenvalue weighted by Crippen LogP contribution is -2.30. The fraction of sp³-hybridized carbons (Fsp3) is 0.500. The molecule has 33 heavy (non-hydrogen) atoms. The van der Waals surface area contributed by atoms with Crippen LogP contribution in [0.25, 0.3) is 0 Å². The van der Waals surface area contributed by atoms with Crippen molar-refractivity contribution in [3.63, 3.8) is 0 Å². The molecule has 0 unspecified atom stereocenters. The Kier molecular flexibility index (Phi) is 6.43. The summed E-state index contributed by atoms with van der Waals surface area (Å²) < 4.78 is 5.77. The van der Waals surface area contributed by atoms with E-state index in [1.165, 1.54) is 0 Å². The SMILES string of the molecule is CC(C)(C)c1cc(C(=O)CN2Cc3ccc(C4CC4)nc3C2=N)cc(OCCCCO)c1O. The van der Waals surface area contributed by atoms with Gasteiger partial charge in [0, 0.05) is 41.5 Å². The van der Waals surface area contributed by atoms with Gasteiger partial charge in [-0.2, -0.15) is 0 Å². The van der Waals surface area contributed by atoms with Crippen LogP contribution in [0, 0.1) is 5.41 Å². The minimum absolute atomic E-state index is 0.0428. The summed E-state index contributed by atoms with van der Waals surface area (Å²) in [6.07, 6.45) is 3.57. The van der Waals surface area contributed by atoms with E-state index in [-0.39, 0.29) is 41.7 Å². The molecule has 2 aromatic rings. The van der Waals surface area contributed by atoms with E-state index in [9.17, 15) is 9.90 Å². The number of aliphatic hydroxyl groups is 1. The number of phenols is 1. The Balaban J connectivity index is 1.54. The van der Waals surface area contributed by atoms with Gasteiger partial charge in [0.1, 0.15) is 11.5 Å². The summed E-state index contributed by atoms with van der Waals surface area (Å²) in [4.78, 5) is 19.7. The number of phenolic OH excluding ortho intramolecular Hbond substituents is 1. The molecule has 3 N–H and O–H groups in total. The van der Waals surface area contributed by atoms with Gasteiger partial charge in [0.15, 0.2) is 17.3 Å². The number of carbonyl (C=O) groups is 1. The zero-order chi connectivity index (χ0) is 23.8. The molecule has 1 aromatic heterocycles. The lowest BCUT2D eigenvalue weighted by Gasteiger charge is -2.24. The minimum Gasteiger partial charge on any atom is -0.504 e. The first kappa shape index (κ1) is 23.2. The molecule has 176 valence electrons. The molecule has 1 aliphatic carbocycles. The van der Waals surface area contributed by atoms with E-state index in [1.54, 1.807) is 17.0 Å². The lowest BCUT2D eigenvalue weighted by atomic mass is 9.84. The van der Waals surface area contributed by atoms with Gasteiger partial charge in [0.05, 0.1) is 13.2 Å². The van der Waals surface area contributed by atoms with Gasteiger partial charge in [0.2, 0.25) is 0 Å². The maximum atomic E-state index is 13.3. The van der Waals surface area contributed by atoms with Gasteiger partial charge < -0.3 is 19.8 Å². The number of hydrogen-bond acceptors (Lipinski definition) is 6. The second-order valence-electron chi connectivity index (χ2n) is 10.0. The number of nitrogens with one attached hydrogen (secondary N) is 1. The highest BCUT2D eigenvalue weighted by Gasteiger charge is 2.32. The molecular weight excluding hydrogens is 418 g/mol. The van der Waals surface area contributed by atoms with Crippen LogP contribution < -0.4 is 4.74 Å². The smallest absolute Gasteiger partial charge is 0.182 e. The van der Waals surface area contributed by atoms with Gasteiger partial charge in [-0.3, -0.25) is 10.2 Å². The van der Waals surface area contributed by atoms with Gasteiger partial charge in [-0.1, -0.05) is 26.8 Å². The number of benzene rings is 1. The summed E-state index contributed by atoms with van der Waals surface area (Å²) in [6, 6.07) is 7.40. The van der Waals surface area contributed by atoms with Gasteiger partial charge in [-0.25, -0.2) is 4.98 Å². The number of hydrogen-bond donors (Lipinski definition) is 3. The van der Waals surface area contributed by atoms with Gasteiger partial charge >= 0.3 is 0 Å². The van der Waals surface area contributed by atoms with Crippen LogP contribution in [0.15, 0.2) is 24.3 Å². The summed E-state index contributed by atoms with van der Waals surface area (Å²) in [5.74, 6) is 0.986. The van der Waals surface area contributed by atoms with E-state index in [4.69, 9.17) is 20.2 Å². The molecule has 0 saturated heterocycles. The van der Waals surface area contributed by atoms with E-state index in [0.717, 1.165) is 24.1 Å². The van der Waals surface area contributed by atoms with Crippen molar-refractivity contribution in [3.8, 4) is 11.5 Å². The standard InChI is InChI=1S/C26H33N3O4/c1-26(2,3)19-12-18(13-22(24(19)32)33-11-5-4-10-30)21(31)15-29-14-17-8-9-20(16-6-7-16)28-23(17)25(29)27/h8-9,12-13,16,27,30,32H,4-7,10-11,14-15H2,1-3H3. The first-order valence-corrected chi connectivity index (χ1v) is 11.7. The average Bonchev–Trinajstić information content (AvgIpc) is 3.57. The highest BCUT2D eigenvalue weighted by atomic mass is 16.5. The third kappa shape index (κ3) is 5.03. The van der Waals surface area contributed by atoms with E-state index >= 15 is 0 Å². The molecule has 2 aliphatic rings. The molecule has 2 heterocycles. The summed E-state index contributed by atoms with van der Waals surface area (Å²) in [7, 11) is 0. The van der Waals surface area contributed by atoms with Crippen LogP contribution in [0.4, 0.5) is 0 Å². The van der Waals surface area contributed by atoms with Crippen molar-refractivity contribution in [1.29, 1.82) is 5.41 Å². The monoisotopic (exact) mass is 451 g/mol. The van der Waals surface area contributed by atoms with Crippen molar-refractivity contribution >= 4 is 11.6 Å². The summed E-state index contributed by atoms with van der Waals surface area (Å²) >= 11 is 0. The Morgan fingerprint density at radius 1 is 1.24 bits per heavy atom. The second-order valence-corrected chi connectivity index (χ2v) is 10.0. The number of carbonyl (C=O) groups excluding carboxylic acids is 1. The van der Waals surface area contributed by atoms with Crippen LogP contribution in [0.2, 0.25) is 0 Å². The molecule has 0 amide bonds. The molecule has 0 spiro atoms. The van der Waals surface area contributed by atoms with Crippen LogP contribution in [-0.4, -0.2) is 51.5 Å². The van der Waals surface area contributed by atoms with Crippen molar-refractivity contribution in [1.82, 2.24) is 9.88 Å². The molecule has 1 aliphatic heterocycles. The van der Waals surface area contributed by atoms with Gasteiger partial charge in [-0.15, -0.1) is 0 Å². The third-order valence-electron chi connectivity index (χ3n) is 6.25. The van der Waals surface area contributed by atoms with E-state index in [1.807, 2.05) is 32.9 Å². The van der Waals surface area contributed by atoms with Crippen LogP contribution in [0.3, 0.4) is 0 Å². The Labute approximate surface area is 194 Å². The topological polar surface area (TPSA) is 107 Å². The second kappa shape index (κ2) is 9.14. The summed E-state index contributed by atoms with van der Waals surface area (Å²) in [5.41, 5.74) is 3.41. The average molecular weight is 452 g/mol.